The number of halogens is 10. The number of hydrogen-bond donors (Lipinski definition) is 3. The van der Waals surface area contributed by atoms with Crippen LogP contribution in [0.15, 0.2) is 42.5 Å². The lowest BCUT2D eigenvalue weighted by Gasteiger charge is -2.13. The Morgan fingerprint density at radius 1 is 0.829 bits per heavy atom. The number of amides is 3. The summed E-state index contributed by atoms with van der Waals surface area (Å²) in [5.41, 5.74) is -2.45. The molecule has 0 aromatic heterocycles. The molecule has 2 atom stereocenters. The number of carbonyl (C=O) groups is 3. The van der Waals surface area contributed by atoms with Crippen LogP contribution >= 0.6 is 58.0 Å². The van der Waals surface area contributed by atoms with Crippen molar-refractivity contribution in [3.05, 3.63) is 86.1 Å². The maximum absolute atomic E-state index is 14.7. The van der Waals surface area contributed by atoms with Gasteiger partial charge in [-0.2, -0.15) is 8.78 Å². The normalized spacial score (nSPS) is 17.2. The van der Waals surface area contributed by atoms with Gasteiger partial charge in [-0.05, 0) is 48.0 Å². The molecule has 3 aromatic carbocycles. The quantitative estimate of drug-likeness (QED) is 0.135. The van der Waals surface area contributed by atoms with E-state index in [4.69, 9.17) is 58.0 Å². The van der Waals surface area contributed by atoms with Crippen LogP contribution < -0.4 is 16.0 Å². The highest BCUT2D eigenvalue weighted by molar-refractivity contribution is 6.54. The van der Waals surface area contributed by atoms with E-state index in [1.54, 1.807) is 5.32 Å². The molecular formula is C25H13Cl5F5N3O3. The molecule has 0 heterocycles. The summed E-state index contributed by atoms with van der Waals surface area (Å²) >= 11 is 30.7. The summed E-state index contributed by atoms with van der Waals surface area (Å²) in [6.45, 7) is 0. The van der Waals surface area contributed by atoms with Gasteiger partial charge in [-0.3, -0.25) is 14.4 Å². The molecule has 1 saturated carbocycles. The van der Waals surface area contributed by atoms with Crippen LogP contribution in [0.25, 0.3) is 0 Å². The van der Waals surface area contributed by atoms with Crippen LogP contribution in [0, 0.1) is 23.4 Å². The largest absolute Gasteiger partial charge is 0.326 e. The van der Waals surface area contributed by atoms with Crippen LogP contribution in [0.3, 0.4) is 0 Å². The van der Waals surface area contributed by atoms with E-state index in [2.05, 4.69) is 5.32 Å². The van der Waals surface area contributed by atoms with Crippen molar-refractivity contribution in [1.82, 2.24) is 0 Å². The van der Waals surface area contributed by atoms with Gasteiger partial charge >= 0.3 is 6.43 Å². The van der Waals surface area contributed by atoms with Crippen molar-refractivity contribution >= 4 is 92.8 Å². The minimum Gasteiger partial charge on any atom is -0.326 e. The molecule has 3 N–H and O–H groups in total. The summed E-state index contributed by atoms with van der Waals surface area (Å²) in [4.78, 5) is 36.9. The Kier molecular flexibility index (Phi) is 8.96. The predicted octanol–water partition coefficient (Wildman–Crippen LogP) is 8.05. The van der Waals surface area contributed by atoms with E-state index in [1.807, 2.05) is 0 Å². The number of alkyl halides is 4. The van der Waals surface area contributed by atoms with E-state index in [-0.39, 0.29) is 20.8 Å². The van der Waals surface area contributed by atoms with Gasteiger partial charge in [0, 0.05) is 11.6 Å². The van der Waals surface area contributed by atoms with E-state index in [0.717, 1.165) is 18.2 Å². The molecular weight excluding hydrogens is 663 g/mol. The molecule has 1 aliphatic carbocycles. The van der Waals surface area contributed by atoms with Crippen molar-refractivity contribution in [3.8, 4) is 0 Å². The van der Waals surface area contributed by atoms with Crippen LogP contribution in [0.1, 0.15) is 21.8 Å². The Morgan fingerprint density at radius 3 is 2.05 bits per heavy atom. The van der Waals surface area contributed by atoms with Crippen LogP contribution in [0.2, 0.25) is 15.1 Å². The Hall–Kier alpha value is -2.83. The monoisotopic (exact) mass is 673 g/mol. The Bertz CT molecular complexity index is 1570. The zero-order chi connectivity index (χ0) is 30.4. The number of hydrogen-bond acceptors (Lipinski definition) is 3. The van der Waals surface area contributed by atoms with Crippen molar-refractivity contribution in [2.24, 2.45) is 5.92 Å². The number of rotatable bonds is 7. The van der Waals surface area contributed by atoms with Gasteiger partial charge in [-0.1, -0.05) is 34.8 Å². The van der Waals surface area contributed by atoms with Crippen molar-refractivity contribution in [3.63, 3.8) is 0 Å². The standard InChI is InChI=1S/C25H13Cl5F5N3O3/c26-11-5-8(6-12(27)18(11)28)16-17(25(16,29)30)23(40)36-9-1-2-13(31)10(7-9)22(39)38-20-14(32)3-4-15(19(20)33)37-24(41)21(34)35/h1-7,16-17,21H,(H,36,40)(H,37,41)(H,38,39)/t16-,17+/m0/s1. The number of carbonyl (C=O) groups excluding carboxylic acids is 3. The van der Waals surface area contributed by atoms with Gasteiger partial charge in [-0.15, -0.1) is 23.2 Å². The SMILES string of the molecule is O=C(Nc1c(F)ccc(NC(=O)C(F)F)c1F)c1cc(NC(=O)[C@H]2[C@H](c3cc(Cl)c(Cl)c(Cl)c3)C2(Cl)Cl)ccc1F. The van der Waals surface area contributed by atoms with Crippen molar-refractivity contribution < 1.29 is 36.3 Å². The molecule has 1 fully saturated rings. The Balaban J connectivity index is 1.53. The van der Waals surface area contributed by atoms with Crippen LogP contribution in [0.4, 0.5) is 39.0 Å². The van der Waals surface area contributed by atoms with Crippen LogP contribution in [0.5, 0.6) is 0 Å². The van der Waals surface area contributed by atoms with Gasteiger partial charge in [0.2, 0.25) is 5.91 Å². The lowest BCUT2D eigenvalue weighted by atomic mass is 10.1. The molecule has 4 rings (SSSR count). The summed E-state index contributed by atoms with van der Waals surface area (Å²) in [6.07, 6.45) is -3.50. The summed E-state index contributed by atoms with van der Waals surface area (Å²) in [6, 6.07) is 6.90. The Labute approximate surface area is 253 Å². The average Bonchev–Trinajstić information content (AvgIpc) is 3.49. The number of nitrogens with one attached hydrogen (secondary N) is 3. The fourth-order valence-electron chi connectivity index (χ4n) is 3.95. The summed E-state index contributed by atoms with van der Waals surface area (Å²) in [7, 11) is 0. The van der Waals surface area contributed by atoms with E-state index >= 15 is 0 Å². The van der Waals surface area contributed by atoms with Gasteiger partial charge in [0.05, 0.1) is 32.2 Å². The molecule has 41 heavy (non-hydrogen) atoms. The molecule has 0 unspecified atom stereocenters. The van der Waals surface area contributed by atoms with E-state index in [0.29, 0.717) is 17.7 Å². The molecule has 6 nitrogen and oxygen atoms in total. The highest BCUT2D eigenvalue weighted by atomic mass is 35.5. The highest BCUT2D eigenvalue weighted by Crippen LogP contribution is 2.65. The van der Waals surface area contributed by atoms with Gasteiger partial charge in [0.15, 0.2) is 5.82 Å². The zero-order valence-electron chi connectivity index (χ0n) is 19.8. The maximum atomic E-state index is 14.7. The maximum Gasteiger partial charge on any atom is 0.315 e. The first-order valence-corrected chi connectivity index (χ1v) is 13.0. The first kappa shape index (κ1) is 31.1. The minimum absolute atomic E-state index is 0.0926. The Morgan fingerprint density at radius 2 is 1.44 bits per heavy atom. The molecule has 216 valence electrons. The summed E-state index contributed by atoms with van der Waals surface area (Å²) < 4.78 is 66.9. The molecule has 0 radical (unpaired) electrons. The van der Waals surface area contributed by atoms with Crippen molar-refractivity contribution in [2.75, 3.05) is 16.0 Å². The number of anilines is 3. The van der Waals surface area contributed by atoms with E-state index < -0.39 is 74.7 Å². The van der Waals surface area contributed by atoms with E-state index in [9.17, 15) is 36.3 Å². The van der Waals surface area contributed by atoms with Crippen LogP contribution in [-0.2, 0) is 9.59 Å². The first-order valence-electron chi connectivity index (χ1n) is 11.1. The third-order valence-corrected chi connectivity index (χ3v) is 8.10. The fraction of sp³-hybridized carbons (Fsp3) is 0.160. The highest BCUT2D eigenvalue weighted by Gasteiger charge is 2.67. The number of benzene rings is 3. The molecule has 16 heteroatoms. The fourth-order valence-corrected chi connectivity index (χ4v) is 5.39. The van der Waals surface area contributed by atoms with Crippen LogP contribution in [-0.4, -0.2) is 28.5 Å². The third-order valence-electron chi connectivity index (χ3n) is 5.97. The molecule has 0 bridgehead atoms. The van der Waals surface area contributed by atoms with Gasteiger partial charge < -0.3 is 16.0 Å². The molecule has 0 aliphatic heterocycles. The smallest absolute Gasteiger partial charge is 0.315 e. The average molecular weight is 676 g/mol. The zero-order valence-corrected chi connectivity index (χ0v) is 23.6. The lowest BCUT2D eigenvalue weighted by Crippen LogP contribution is -2.22. The summed E-state index contributed by atoms with van der Waals surface area (Å²) in [5.74, 6) is -9.84. The van der Waals surface area contributed by atoms with Crippen molar-refractivity contribution in [1.29, 1.82) is 0 Å². The second-order valence-corrected chi connectivity index (χ2v) is 11.3. The van der Waals surface area contributed by atoms with Gasteiger partial charge in [-0.25, -0.2) is 13.2 Å². The second kappa shape index (κ2) is 11.8. The topological polar surface area (TPSA) is 87.3 Å². The molecule has 3 aromatic rings. The summed E-state index contributed by atoms with van der Waals surface area (Å²) in [5, 5.41) is 6.07. The molecule has 0 spiro atoms. The molecule has 1 aliphatic rings. The first-order chi connectivity index (χ1) is 19.1. The molecule has 3 amide bonds. The molecule has 0 saturated heterocycles. The van der Waals surface area contributed by atoms with E-state index in [1.165, 1.54) is 17.4 Å². The lowest BCUT2D eigenvalue weighted by molar-refractivity contribution is -0.126. The van der Waals surface area contributed by atoms with Crippen molar-refractivity contribution in [2.45, 2.75) is 16.7 Å². The minimum atomic E-state index is -3.50. The third kappa shape index (κ3) is 6.34. The van der Waals surface area contributed by atoms with Gasteiger partial charge in [0.1, 0.15) is 21.7 Å². The second-order valence-electron chi connectivity index (χ2n) is 8.64. The predicted molar refractivity (Wildman–Crippen MR) is 146 cm³/mol. The van der Waals surface area contributed by atoms with Gasteiger partial charge in [0.25, 0.3) is 11.8 Å².